The Morgan fingerprint density at radius 1 is 1.15 bits per heavy atom. The lowest BCUT2D eigenvalue weighted by atomic mass is 10.0. The van der Waals surface area contributed by atoms with Gasteiger partial charge in [0.2, 0.25) is 5.91 Å². The fourth-order valence-electron chi connectivity index (χ4n) is 3.42. The number of likely N-dealkylation sites (tertiary alicyclic amines) is 1. The van der Waals surface area contributed by atoms with Crippen LogP contribution in [-0.4, -0.2) is 34.6 Å². The molecule has 5 heteroatoms. The number of carbonyl (C=O) groups excluding carboxylic acids is 1. The van der Waals surface area contributed by atoms with Crippen molar-refractivity contribution in [3.63, 3.8) is 0 Å². The summed E-state index contributed by atoms with van der Waals surface area (Å²) in [6.07, 6.45) is 2.02. The van der Waals surface area contributed by atoms with Gasteiger partial charge in [-0.15, -0.1) is 0 Å². The maximum absolute atomic E-state index is 12.5. The molecule has 1 amide bonds. The van der Waals surface area contributed by atoms with Crippen molar-refractivity contribution >= 4 is 5.91 Å². The van der Waals surface area contributed by atoms with Crippen LogP contribution < -0.4 is 10.3 Å². The monoisotopic (exact) mass is 368 g/mol. The average Bonchev–Trinajstić information content (AvgIpc) is 3.09. The number of aryl methyl sites for hydroxylation is 4. The average molecular weight is 368 g/mol. The minimum atomic E-state index is -0.0793. The molecule has 0 radical (unpaired) electrons. The molecular formula is C22H28N2O3. The molecule has 1 unspecified atom stereocenters. The molecule has 1 saturated heterocycles. The highest BCUT2D eigenvalue weighted by atomic mass is 16.5. The predicted octanol–water partition coefficient (Wildman–Crippen LogP) is 2.92. The summed E-state index contributed by atoms with van der Waals surface area (Å²) in [6, 6.07) is 9.75. The lowest BCUT2D eigenvalue weighted by molar-refractivity contribution is -0.130. The lowest BCUT2D eigenvalue weighted by Gasteiger charge is -2.18. The fourth-order valence-corrected chi connectivity index (χ4v) is 3.42. The van der Waals surface area contributed by atoms with E-state index in [2.05, 4.69) is 32.0 Å². The Balaban J connectivity index is 1.53. The van der Waals surface area contributed by atoms with E-state index < -0.39 is 0 Å². The molecule has 144 valence electrons. The van der Waals surface area contributed by atoms with Crippen LogP contribution >= 0.6 is 0 Å². The number of hydrogen-bond acceptors (Lipinski definition) is 3. The van der Waals surface area contributed by atoms with Gasteiger partial charge in [-0.2, -0.15) is 0 Å². The summed E-state index contributed by atoms with van der Waals surface area (Å²) in [7, 11) is 1.74. The minimum absolute atomic E-state index is 0.0536. The zero-order chi connectivity index (χ0) is 19.6. The highest BCUT2D eigenvalue weighted by molar-refractivity contribution is 5.76. The Morgan fingerprint density at radius 3 is 2.63 bits per heavy atom. The van der Waals surface area contributed by atoms with Crippen LogP contribution in [0.4, 0.5) is 0 Å². The maximum Gasteiger partial charge on any atom is 0.254 e. The normalized spacial score (nSPS) is 16.6. The highest BCUT2D eigenvalue weighted by Gasteiger charge is 2.27. The summed E-state index contributed by atoms with van der Waals surface area (Å²) in [5, 5.41) is 0. The number of carbonyl (C=O) groups is 1. The molecule has 2 heterocycles. The van der Waals surface area contributed by atoms with Crippen molar-refractivity contribution in [1.82, 2.24) is 9.47 Å². The standard InChI is InChI=1S/C22H28N2O3/c1-15-5-6-18(11-16(15)2)7-8-21(25)24-10-9-19(14-24)27-20-12-17(3)23(4)22(26)13-20/h5-6,11-13,19H,7-10,14H2,1-4H3. The smallest absolute Gasteiger partial charge is 0.254 e. The quantitative estimate of drug-likeness (QED) is 0.815. The third kappa shape index (κ3) is 4.59. The first-order chi connectivity index (χ1) is 12.8. The van der Waals surface area contributed by atoms with Gasteiger partial charge in [-0.25, -0.2) is 0 Å². The Morgan fingerprint density at radius 2 is 1.93 bits per heavy atom. The molecule has 27 heavy (non-hydrogen) atoms. The van der Waals surface area contributed by atoms with Crippen LogP contribution in [-0.2, 0) is 18.3 Å². The Bertz CT molecular complexity index is 901. The Kier molecular flexibility index (Phi) is 5.68. The van der Waals surface area contributed by atoms with Gasteiger partial charge in [0, 0.05) is 38.2 Å². The lowest BCUT2D eigenvalue weighted by Crippen LogP contribution is -2.31. The second kappa shape index (κ2) is 7.99. The van der Waals surface area contributed by atoms with Crippen molar-refractivity contribution in [2.24, 2.45) is 7.05 Å². The summed E-state index contributed by atoms with van der Waals surface area (Å²) in [6.45, 7) is 7.37. The van der Waals surface area contributed by atoms with E-state index in [0.717, 1.165) is 18.5 Å². The summed E-state index contributed by atoms with van der Waals surface area (Å²) >= 11 is 0. The molecule has 1 aliphatic heterocycles. The van der Waals surface area contributed by atoms with Crippen LogP contribution in [0, 0.1) is 20.8 Å². The van der Waals surface area contributed by atoms with Crippen molar-refractivity contribution in [1.29, 1.82) is 0 Å². The second-order valence-corrected chi connectivity index (χ2v) is 7.52. The van der Waals surface area contributed by atoms with E-state index in [1.54, 1.807) is 11.6 Å². The first-order valence-corrected chi connectivity index (χ1v) is 9.51. The second-order valence-electron chi connectivity index (χ2n) is 7.52. The van der Waals surface area contributed by atoms with Gasteiger partial charge in [-0.1, -0.05) is 18.2 Å². The molecule has 3 rings (SSSR count). The third-order valence-electron chi connectivity index (χ3n) is 5.48. The van der Waals surface area contributed by atoms with Crippen LogP contribution in [0.5, 0.6) is 5.75 Å². The topological polar surface area (TPSA) is 51.5 Å². The molecule has 1 aromatic heterocycles. The van der Waals surface area contributed by atoms with Crippen molar-refractivity contribution in [3.8, 4) is 5.75 Å². The van der Waals surface area contributed by atoms with Crippen LogP contribution in [0.3, 0.4) is 0 Å². The molecule has 1 fully saturated rings. The van der Waals surface area contributed by atoms with Gasteiger partial charge in [0.15, 0.2) is 0 Å². The first-order valence-electron chi connectivity index (χ1n) is 9.51. The molecule has 0 N–H and O–H groups in total. The van der Waals surface area contributed by atoms with Crippen molar-refractivity contribution in [2.45, 2.75) is 46.1 Å². The molecule has 1 atom stereocenters. The molecule has 0 saturated carbocycles. The van der Waals surface area contributed by atoms with Crippen molar-refractivity contribution < 1.29 is 9.53 Å². The number of pyridine rings is 1. The van der Waals surface area contributed by atoms with Gasteiger partial charge >= 0.3 is 0 Å². The van der Waals surface area contributed by atoms with Gasteiger partial charge in [-0.3, -0.25) is 9.59 Å². The summed E-state index contributed by atoms with van der Waals surface area (Å²) in [4.78, 5) is 26.3. The third-order valence-corrected chi connectivity index (χ3v) is 5.48. The summed E-state index contributed by atoms with van der Waals surface area (Å²) in [5.74, 6) is 0.754. The SMILES string of the molecule is Cc1ccc(CCC(=O)N2CCC(Oc3cc(C)n(C)c(=O)c3)C2)cc1C. The van der Waals surface area contributed by atoms with Gasteiger partial charge in [0.1, 0.15) is 11.9 Å². The Labute approximate surface area is 160 Å². The number of benzene rings is 1. The molecule has 2 aromatic rings. The molecule has 5 nitrogen and oxygen atoms in total. The highest BCUT2D eigenvalue weighted by Crippen LogP contribution is 2.19. The largest absolute Gasteiger partial charge is 0.488 e. The van der Waals surface area contributed by atoms with Gasteiger partial charge in [-0.05, 0) is 49.9 Å². The zero-order valence-electron chi connectivity index (χ0n) is 16.6. The van der Waals surface area contributed by atoms with E-state index in [9.17, 15) is 9.59 Å². The van der Waals surface area contributed by atoms with Gasteiger partial charge in [0.05, 0.1) is 6.54 Å². The summed E-state index contributed by atoms with van der Waals surface area (Å²) in [5.41, 5.74) is 4.52. The number of rotatable bonds is 5. The number of ether oxygens (including phenoxy) is 1. The zero-order valence-corrected chi connectivity index (χ0v) is 16.6. The molecule has 0 spiro atoms. The summed E-state index contributed by atoms with van der Waals surface area (Å²) < 4.78 is 7.54. The number of nitrogens with zero attached hydrogens (tertiary/aromatic N) is 2. The minimum Gasteiger partial charge on any atom is -0.488 e. The predicted molar refractivity (Wildman–Crippen MR) is 106 cm³/mol. The van der Waals surface area contributed by atoms with Gasteiger partial charge < -0.3 is 14.2 Å². The fraction of sp³-hybridized carbons (Fsp3) is 0.455. The van der Waals surface area contributed by atoms with E-state index in [1.807, 2.05) is 17.9 Å². The number of amides is 1. The Hall–Kier alpha value is -2.56. The maximum atomic E-state index is 12.5. The van der Waals surface area contributed by atoms with E-state index in [4.69, 9.17) is 4.74 Å². The van der Waals surface area contributed by atoms with E-state index >= 15 is 0 Å². The van der Waals surface area contributed by atoms with Crippen molar-refractivity contribution in [2.75, 3.05) is 13.1 Å². The number of aromatic nitrogens is 1. The molecule has 1 aromatic carbocycles. The van der Waals surface area contributed by atoms with Crippen LogP contribution in [0.2, 0.25) is 0 Å². The van der Waals surface area contributed by atoms with E-state index in [0.29, 0.717) is 25.3 Å². The molecular weight excluding hydrogens is 340 g/mol. The van der Waals surface area contributed by atoms with Crippen LogP contribution in [0.15, 0.2) is 35.1 Å². The van der Waals surface area contributed by atoms with Crippen LogP contribution in [0.1, 0.15) is 35.2 Å². The van der Waals surface area contributed by atoms with Crippen molar-refractivity contribution in [3.05, 3.63) is 63.1 Å². The van der Waals surface area contributed by atoms with Gasteiger partial charge in [0.25, 0.3) is 5.56 Å². The molecule has 0 aliphatic carbocycles. The van der Waals surface area contributed by atoms with E-state index in [-0.39, 0.29) is 17.6 Å². The molecule has 1 aliphatic rings. The molecule has 0 bridgehead atoms. The first kappa shape index (κ1) is 19.2. The number of hydrogen-bond donors (Lipinski definition) is 0. The van der Waals surface area contributed by atoms with E-state index in [1.165, 1.54) is 22.8 Å². The van der Waals surface area contributed by atoms with Crippen LogP contribution in [0.25, 0.3) is 0 Å².